The van der Waals surface area contributed by atoms with E-state index in [1.807, 2.05) is 24.4 Å². The van der Waals surface area contributed by atoms with Crippen molar-refractivity contribution in [3.05, 3.63) is 35.3 Å². The van der Waals surface area contributed by atoms with E-state index in [9.17, 15) is 5.11 Å². The van der Waals surface area contributed by atoms with E-state index in [1.165, 1.54) is 4.88 Å². The molecule has 0 spiro atoms. The number of nitrogen functional groups attached to an aromatic ring is 1. The predicted molar refractivity (Wildman–Crippen MR) is 89.4 cm³/mol. The molecular formula is C14H19ClN4OS. The molecule has 5 nitrogen and oxygen atoms in total. The van der Waals surface area contributed by atoms with Gasteiger partial charge in [-0.05, 0) is 12.1 Å². The highest BCUT2D eigenvalue weighted by molar-refractivity contribution is 7.15. The van der Waals surface area contributed by atoms with Gasteiger partial charge in [0.2, 0.25) is 0 Å². The van der Waals surface area contributed by atoms with Crippen molar-refractivity contribution in [1.29, 1.82) is 0 Å². The lowest BCUT2D eigenvalue weighted by Gasteiger charge is -2.35. The van der Waals surface area contributed by atoms with E-state index in [2.05, 4.69) is 14.8 Å². The summed E-state index contributed by atoms with van der Waals surface area (Å²) >= 11 is 1.56. The largest absolute Gasteiger partial charge is 0.508 e. The normalized spacial score (nSPS) is 15.7. The molecule has 2 aromatic rings. The molecule has 3 rings (SSSR count). The Bertz CT molecular complexity index is 584. The van der Waals surface area contributed by atoms with Crippen LogP contribution < -0.4 is 10.6 Å². The third-order valence-corrected chi connectivity index (χ3v) is 4.33. The maximum absolute atomic E-state index is 9.54. The molecule has 0 amide bonds. The Morgan fingerprint density at radius 3 is 2.62 bits per heavy atom. The monoisotopic (exact) mass is 326 g/mol. The van der Waals surface area contributed by atoms with Crippen molar-refractivity contribution in [2.45, 2.75) is 6.54 Å². The number of piperazine rings is 1. The molecule has 0 saturated carbocycles. The summed E-state index contributed by atoms with van der Waals surface area (Å²) in [5, 5.41) is 10.2. The van der Waals surface area contributed by atoms with Gasteiger partial charge in [0.05, 0.1) is 0 Å². The molecule has 0 radical (unpaired) electrons. The number of aromatic hydroxyl groups is 1. The summed E-state index contributed by atoms with van der Waals surface area (Å²) in [5.74, 6) is 0.324. The van der Waals surface area contributed by atoms with Crippen LogP contribution in [0.1, 0.15) is 4.88 Å². The van der Waals surface area contributed by atoms with Gasteiger partial charge in [0.15, 0.2) is 5.13 Å². The molecule has 2 heterocycles. The van der Waals surface area contributed by atoms with Crippen molar-refractivity contribution in [2.75, 3.05) is 36.8 Å². The Labute approximate surface area is 134 Å². The van der Waals surface area contributed by atoms with Crippen LogP contribution in [0.15, 0.2) is 30.5 Å². The summed E-state index contributed by atoms with van der Waals surface area (Å²) in [6, 6.07) is 7.45. The molecule has 1 aliphatic rings. The predicted octanol–water partition coefficient (Wildman–Crippen LogP) is 2.17. The van der Waals surface area contributed by atoms with E-state index in [0.29, 0.717) is 10.9 Å². The van der Waals surface area contributed by atoms with Crippen LogP contribution in [0.5, 0.6) is 5.75 Å². The fraction of sp³-hybridized carbons (Fsp3) is 0.357. The SMILES string of the molecule is Cl.Nc1ncc(CN2CCN(c3cccc(O)c3)CC2)s1. The number of nitrogens with two attached hydrogens (primary N) is 1. The first-order chi connectivity index (χ1) is 9.70. The Hall–Kier alpha value is -1.50. The van der Waals surface area contributed by atoms with E-state index in [-0.39, 0.29) is 12.4 Å². The Morgan fingerprint density at radius 1 is 1.24 bits per heavy atom. The van der Waals surface area contributed by atoms with Gasteiger partial charge in [0.1, 0.15) is 5.75 Å². The summed E-state index contributed by atoms with van der Waals surface area (Å²) in [7, 11) is 0. The smallest absolute Gasteiger partial charge is 0.180 e. The minimum absolute atomic E-state index is 0. The lowest BCUT2D eigenvalue weighted by Crippen LogP contribution is -2.45. The van der Waals surface area contributed by atoms with Crippen LogP contribution in [-0.4, -0.2) is 41.2 Å². The van der Waals surface area contributed by atoms with Crippen LogP contribution in [0.3, 0.4) is 0 Å². The van der Waals surface area contributed by atoms with Crippen LogP contribution >= 0.6 is 23.7 Å². The summed E-state index contributed by atoms with van der Waals surface area (Å²) in [6.07, 6.45) is 1.86. The number of benzene rings is 1. The van der Waals surface area contributed by atoms with Gasteiger partial charge in [-0.1, -0.05) is 6.07 Å². The molecular weight excluding hydrogens is 308 g/mol. The summed E-state index contributed by atoms with van der Waals surface area (Å²) in [5.41, 5.74) is 6.74. The molecule has 1 aromatic carbocycles. The van der Waals surface area contributed by atoms with Gasteiger partial charge in [0.25, 0.3) is 0 Å². The molecule has 0 unspecified atom stereocenters. The van der Waals surface area contributed by atoms with Gasteiger partial charge in [0, 0.05) is 55.6 Å². The van der Waals surface area contributed by atoms with Crippen molar-refractivity contribution in [3.63, 3.8) is 0 Å². The first-order valence-corrected chi connectivity index (χ1v) is 7.49. The number of halogens is 1. The summed E-state index contributed by atoms with van der Waals surface area (Å²) in [4.78, 5) is 10.0. The van der Waals surface area contributed by atoms with E-state index in [4.69, 9.17) is 5.73 Å². The van der Waals surface area contributed by atoms with Crippen LogP contribution in [0.2, 0.25) is 0 Å². The molecule has 1 aliphatic heterocycles. The minimum Gasteiger partial charge on any atom is -0.508 e. The molecule has 1 aromatic heterocycles. The van der Waals surface area contributed by atoms with Crippen molar-refractivity contribution >= 4 is 34.6 Å². The topological polar surface area (TPSA) is 65.6 Å². The van der Waals surface area contributed by atoms with Crippen LogP contribution in [0.25, 0.3) is 0 Å². The van der Waals surface area contributed by atoms with E-state index in [0.717, 1.165) is 38.4 Å². The lowest BCUT2D eigenvalue weighted by molar-refractivity contribution is 0.252. The molecule has 21 heavy (non-hydrogen) atoms. The van der Waals surface area contributed by atoms with E-state index < -0.39 is 0 Å². The number of aromatic nitrogens is 1. The second-order valence-corrected chi connectivity index (χ2v) is 6.09. The number of nitrogens with zero attached hydrogens (tertiary/aromatic N) is 3. The van der Waals surface area contributed by atoms with Crippen molar-refractivity contribution in [2.24, 2.45) is 0 Å². The quantitative estimate of drug-likeness (QED) is 0.905. The first kappa shape index (κ1) is 15.9. The molecule has 7 heteroatoms. The van der Waals surface area contributed by atoms with Crippen molar-refractivity contribution in [1.82, 2.24) is 9.88 Å². The van der Waals surface area contributed by atoms with Gasteiger partial charge < -0.3 is 15.7 Å². The fourth-order valence-electron chi connectivity index (χ4n) is 2.47. The second-order valence-electron chi connectivity index (χ2n) is 4.95. The maximum Gasteiger partial charge on any atom is 0.180 e. The molecule has 114 valence electrons. The zero-order valence-corrected chi connectivity index (χ0v) is 13.2. The molecule has 3 N–H and O–H groups in total. The van der Waals surface area contributed by atoms with Crippen LogP contribution in [0.4, 0.5) is 10.8 Å². The van der Waals surface area contributed by atoms with Crippen molar-refractivity contribution < 1.29 is 5.11 Å². The zero-order valence-electron chi connectivity index (χ0n) is 11.6. The number of anilines is 2. The number of thiazole rings is 1. The number of phenolic OH excluding ortho intramolecular Hbond substituents is 1. The number of hydrogen-bond donors (Lipinski definition) is 2. The number of rotatable bonds is 3. The molecule has 0 bridgehead atoms. The first-order valence-electron chi connectivity index (χ1n) is 6.67. The highest BCUT2D eigenvalue weighted by atomic mass is 35.5. The Balaban J connectivity index is 0.00000161. The Kier molecular flexibility index (Phi) is 5.27. The van der Waals surface area contributed by atoms with Gasteiger partial charge in [-0.25, -0.2) is 4.98 Å². The number of phenols is 1. The van der Waals surface area contributed by atoms with E-state index in [1.54, 1.807) is 17.4 Å². The average Bonchev–Trinajstić information content (AvgIpc) is 2.85. The molecule has 0 atom stereocenters. The second kappa shape index (κ2) is 6.98. The number of hydrogen-bond acceptors (Lipinski definition) is 6. The average molecular weight is 327 g/mol. The lowest BCUT2D eigenvalue weighted by atomic mass is 10.2. The highest BCUT2D eigenvalue weighted by Crippen LogP contribution is 2.22. The summed E-state index contributed by atoms with van der Waals surface area (Å²) < 4.78 is 0. The summed E-state index contributed by atoms with van der Waals surface area (Å²) in [6.45, 7) is 4.87. The molecule has 1 fully saturated rings. The van der Waals surface area contributed by atoms with Gasteiger partial charge >= 0.3 is 0 Å². The highest BCUT2D eigenvalue weighted by Gasteiger charge is 2.18. The van der Waals surface area contributed by atoms with Gasteiger partial charge in [-0.15, -0.1) is 23.7 Å². The minimum atomic E-state index is 0. The van der Waals surface area contributed by atoms with Gasteiger partial charge in [-0.2, -0.15) is 0 Å². The van der Waals surface area contributed by atoms with Gasteiger partial charge in [-0.3, -0.25) is 4.90 Å². The van der Waals surface area contributed by atoms with Crippen LogP contribution in [0, 0.1) is 0 Å². The molecule has 0 aliphatic carbocycles. The van der Waals surface area contributed by atoms with E-state index >= 15 is 0 Å². The zero-order chi connectivity index (χ0) is 13.9. The third-order valence-electron chi connectivity index (χ3n) is 3.52. The molecule has 1 saturated heterocycles. The standard InChI is InChI=1S/C14H18N4OS.ClH/c15-14-16-9-13(20-14)10-17-4-6-18(7-5-17)11-2-1-3-12(19)8-11;/h1-3,8-9,19H,4-7,10H2,(H2,15,16);1H. The van der Waals surface area contributed by atoms with Crippen molar-refractivity contribution in [3.8, 4) is 5.75 Å². The van der Waals surface area contributed by atoms with Crippen LogP contribution in [-0.2, 0) is 6.54 Å². The fourth-order valence-corrected chi connectivity index (χ4v) is 3.20. The third kappa shape index (κ3) is 4.00. The maximum atomic E-state index is 9.54. The Morgan fingerprint density at radius 2 is 2.00 bits per heavy atom.